The van der Waals surface area contributed by atoms with Crippen molar-refractivity contribution in [3.05, 3.63) is 0 Å². The molecule has 0 radical (unpaired) electrons. The molecule has 4 heteroatoms. The number of methoxy groups -OCH3 is 1. The van der Waals surface area contributed by atoms with Crippen molar-refractivity contribution < 1.29 is 14.3 Å². The van der Waals surface area contributed by atoms with E-state index in [1.54, 1.807) is 0 Å². The summed E-state index contributed by atoms with van der Waals surface area (Å²) in [7, 11) is 1.43. The number of carbonyl (C=O) groups is 2. The van der Waals surface area contributed by atoms with E-state index in [2.05, 4.69) is 23.4 Å². The van der Waals surface area contributed by atoms with Gasteiger partial charge in [0.25, 0.3) is 0 Å². The van der Waals surface area contributed by atoms with Gasteiger partial charge in [-0.2, -0.15) is 11.8 Å². The first-order valence-corrected chi connectivity index (χ1v) is 12.4. The monoisotopic (exact) mass is 396 g/mol. The lowest BCUT2D eigenvalue weighted by atomic mass is 9.83. The second-order valence-electron chi connectivity index (χ2n) is 8.57. The molecule has 2 fully saturated rings. The molecule has 2 saturated carbocycles. The summed E-state index contributed by atoms with van der Waals surface area (Å²) in [5, 5.41) is 0.599. The van der Waals surface area contributed by atoms with E-state index < -0.39 is 0 Å². The van der Waals surface area contributed by atoms with E-state index in [9.17, 15) is 9.59 Å². The van der Waals surface area contributed by atoms with Crippen molar-refractivity contribution in [2.75, 3.05) is 12.9 Å². The highest BCUT2D eigenvalue weighted by Crippen LogP contribution is 2.54. The van der Waals surface area contributed by atoms with E-state index in [-0.39, 0.29) is 5.97 Å². The summed E-state index contributed by atoms with van der Waals surface area (Å²) in [5.41, 5.74) is 0. The van der Waals surface area contributed by atoms with Crippen LogP contribution in [0, 0.1) is 17.8 Å². The van der Waals surface area contributed by atoms with Crippen LogP contribution in [0.1, 0.15) is 96.8 Å². The number of unbranched alkanes of at least 4 members (excludes halogenated alkanes) is 7. The molecule has 3 nitrogen and oxygen atoms in total. The zero-order valence-electron chi connectivity index (χ0n) is 17.5. The maximum atomic E-state index is 12.9. The molecule has 0 amide bonds. The van der Waals surface area contributed by atoms with Gasteiger partial charge in [0.2, 0.25) is 0 Å². The number of Topliss-reactive ketones (excluding diaryl/α,β-unsaturated/α-hetero) is 1. The minimum atomic E-state index is -0.138. The van der Waals surface area contributed by atoms with Gasteiger partial charge in [-0.1, -0.05) is 45.4 Å². The largest absolute Gasteiger partial charge is 0.469 e. The predicted octanol–water partition coefficient (Wildman–Crippen LogP) is 6.19. The predicted molar refractivity (Wildman–Crippen MR) is 114 cm³/mol. The van der Waals surface area contributed by atoms with Gasteiger partial charge in [0.05, 0.1) is 7.11 Å². The highest BCUT2D eigenvalue weighted by molar-refractivity contribution is 7.99. The van der Waals surface area contributed by atoms with Crippen molar-refractivity contribution in [1.82, 2.24) is 0 Å². The van der Waals surface area contributed by atoms with Gasteiger partial charge < -0.3 is 4.74 Å². The average molecular weight is 397 g/mol. The van der Waals surface area contributed by atoms with Crippen LogP contribution in [0.5, 0.6) is 0 Å². The molecule has 0 N–H and O–H groups in total. The van der Waals surface area contributed by atoms with Crippen molar-refractivity contribution in [1.29, 1.82) is 0 Å². The van der Waals surface area contributed by atoms with Crippen molar-refractivity contribution >= 4 is 23.5 Å². The fraction of sp³-hybridized carbons (Fsp3) is 0.913. The lowest BCUT2D eigenvalue weighted by Crippen LogP contribution is -2.32. The first-order chi connectivity index (χ1) is 13.2. The number of esters is 1. The highest BCUT2D eigenvalue weighted by atomic mass is 32.2. The Hall–Kier alpha value is -0.510. The minimum Gasteiger partial charge on any atom is -0.469 e. The van der Waals surface area contributed by atoms with E-state index in [4.69, 9.17) is 0 Å². The number of ether oxygens (including phenoxy) is 1. The van der Waals surface area contributed by atoms with Gasteiger partial charge in [-0.3, -0.25) is 9.59 Å². The first kappa shape index (κ1) is 22.8. The summed E-state index contributed by atoms with van der Waals surface area (Å²) in [5.74, 6) is 3.41. The van der Waals surface area contributed by atoms with E-state index in [0.29, 0.717) is 35.7 Å². The second kappa shape index (κ2) is 12.9. The Morgan fingerprint density at radius 2 is 1.56 bits per heavy atom. The summed E-state index contributed by atoms with van der Waals surface area (Å²) in [6.45, 7) is 2.27. The van der Waals surface area contributed by atoms with E-state index >= 15 is 0 Å². The number of hydrogen-bond acceptors (Lipinski definition) is 4. The summed E-state index contributed by atoms with van der Waals surface area (Å²) < 4.78 is 4.67. The lowest BCUT2D eigenvalue weighted by molar-refractivity contribution is -0.140. The maximum absolute atomic E-state index is 12.9. The van der Waals surface area contributed by atoms with Crippen LogP contribution in [0.4, 0.5) is 0 Å². The Bertz CT molecular complexity index is 451. The zero-order chi connectivity index (χ0) is 19.5. The van der Waals surface area contributed by atoms with Gasteiger partial charge in [0.15, 0.2) is 0 Å². The molecule has 0 aliphatic heterocycles. The van der Waals surface area contributed by atoms with Gasteiger partial charge >= 0.3 is 5.97 Å². The smallest absolute Gasteiger partial charge is 0.305 e. The topological polar surface area (TPSA) is 43.4 Å². The molecular weight excluding hydrogens is 356 g/mol. The van der Waals surface area contributed by atoms with E-state index in [1.807, 2.05) is 0 Å². The van der Waals surface area contributed by atoms with Crippen LogP contribution in [0.25, 0.3) is 0 Å². The van der Waals surface area contributed by atoms with Crippen LogP contribution in [-0.4, -0.2) is 29.9 Å². The van der Waals surface area contributed by atoms with Crippen LogP contribution < -0.4 is 0 Å². The SMILES string of the molecule is CCCCCCCCSC1C2CCC(C2)C1C(=O)CCCCCC(=O)OC. The summed E-state index contributed by atoms with van der Waals surface area (Å²) >= 11 is 2.12. The average Bonchev–Trinajstić information content (AvgIpc) is 3.28. The van der Waals surface area contributed by atoms with Crippen LogP contribution in [0.2, 0.25) is 0 Å². The Labute approximate surface area is 170 Å². The van der Waals surface area contributed by atoms with Crippen molar-refractivity contribution in [2.45, 2.75) is 102 Å². The Morgan fingerprint density at radius 1 is 0.889 bits per heavy atom. The maximum Gasteiger partial charge on any atom is 0.305 e. The van der Waals surface area contributed by atoms with Gasteiger partial charge in [-0.05, 0) is 56.1 Å². The zero-order valence-corrected chi connectivity index (χ0v) is 18.4. The highest BCUT2D eigenvalue weighted by Gasteiger charge is 2.50. The van der Waals surface area contributed by atoms with Gasteiger partial charge in [-0.25, -0.2) is 0 Å². The van der Waals surface area contributed by atoms with Crippen molar-refractivity contribution in [3.63, 3.8) is 0 Å². The van der Waals surface area contributed by atoms with Crippen LogP contribution in [-0.2, 0) is 14.3 Å². The third-order valence-electron chi connectivity index (χ3n) is 6.55. The van der Waals surface area contributed by atoms with Gasteiger partial charge in [-0.15, -0.1) is 0 Å². The number of thioether (sulfide) groups is 1. The molecule has 0 aromatic rings. The van der Waals surface area contributed by atoms with Crippen LogP contribution in [0.3, 0.4) is 0 Å². The molecule has 4 unspecified atom stereocenters. The van der Waals surface area contributed by atoms with E-state index in [1.165, 1.54) is 70.7 Å². The molecule has 0 aromatic heterocycles. The quantitative estimate of drug-likeness (QED) is 0.245. The third-order valence-corrected chi connectivity index (χ3v) is 8.14. The standard InChI is InChI=1S/C23H40O3S/c1-3-4-5-6-7-11-16-27-23-19-15-14-18(17-19)22(23)20(24)12-9-8-10-13-21(25)26-2/h18-19,22-23H,3-17H2,1-2H3. The molecule has 156 valence electrons. The fourth-order valence-electron chi connectivity index (χ4n) is 5.04. The minimum absolute atomic E-state index is 0.138. The van der Waals surface area contributed by atoms with E-state index in [0.717, 1.165) is 25.2 Å². The first-order valence-electron chi connectivity index (χ1n) is 11.4. The van der Waals surface area contributed by atoms with Crippen molar-refractivity contribution in [3.8, 4) is 0 Å². The van der Waals surface area contributed by atoms with Crippen LogP contribution in [0.15, 0.2) is 0 Å². The molecule has 2 bridgehead atoms. The van der Waals surface area contributed by atoms with Crippen molar-refractivity contribution in [2.24, 2.45) is 17.8 Å². The summed E-state index contributed by atoms with van der Waals surface area (Å²) in [6.07, 6.45) is 15.9. The molecule has 0 aromatic carbocycles. The second-order valence-corrected chi connectivity index (χ2v) is 9.85. The molecule has 27 heavy (non-hydrogen) atoms. The van der Waals surface area contributed by atoms with Gasteiger partial charge in [0.1, 0.15) is 5.78 Å². The number of ketones is 1. The Morgan fingerprint density at radius 3 is 2.33 bits per heavy atom. The third kappa shape index (κ3) is 7.44. The Kier molecular flexibility index (Phi) is 10.8. The molecule has 4 atom stereocenters. The molecule has 2 aliphatic carbocycles. The number of hydrogen-bond donors (Lipinski definition) is 0. The molecular formula is C23H40O3S. The number of rotatable bonds is 15. The van der Waals surface area contributed by atoms with Crippen LogP contribution >= 0.6 is 11.8 Å². The molecule has 0 spiro atoms. The molecule has 0 saturated heterocycles. The normalized spacial score (nSPS) is 26.4. The molecule has 0 heterocycles. The number of fused-ring (bicyclic) bond motifs is 2. The summed E-state index contributed by atoms with van der Waals surface area (Å²) in [6, 6.07) is 0. The Balaban J connectivity index is 1.65. The number of carbonyl (C=O) groups excluding carboxylic acids is 2. The van der Waals surface area contributed by atoms with Gasteiger partial charge in [0, 0.05) is 24.0 Å². The molecule has 2 aliphatic rings. The lowest BCUT2D eigenvalue weighted by Gasteiger charge is -2.29. The molecule has 2 rings (SSSR count). The fourth-order valence-corrected chi connectivity index (χ4v) is 6.78. The summed E-state index contributed by atoms with van der Waals surface area (Å²) in [4.78, 5) is 24.1.